The van der Waals surface area contributed by atoms with E-state index >= 15 is 0 Å². The zero-order valence-corrected chi connectivity index (χ0v) is 13.5. The molecule has 0 aliphatic heterocycles. The Morgan fingerprint density at radius 3 is 2.33 bits per heavy atom. The van der Waals surface area contributed by atoms with Crippen LogP contribution in [0.5, 0.6) is 0 Å². The molecule has 0 aromatic heterocycles. The summed E-state index contributed by atoms with van der Waals surface area (Å²) < 4.78 is 0. The molecular formula is C19H19N3O2. The van der Waals surface area contributed by atoms with Crippen LogP contribution in [-0.2, 0) is 16.0 Å². The van der Waals surface area contributed by atoms with Crippen LogP contribution in [0.2, 0.25) is 0 Å². The van der Waals surface area contributed by atoms with E-state index in [1.807, 2.05) is 37.3 Å². The van der Waals surface area contributed by atoms with E-state index in [2.05, 4.69) is 16.7 Å². The van der Waals surface area contributed by atoms with Gasteiger partial charge in [-0.05, 0) is 30.2 Å². The molecule has 0 aliphatic carbocycles. The maximum atomic E-state index is 11.9. The standard InChI is InChI=1S/C19H19N3O2/c1-14(17-9-7-16(12-20)8-10-17)22-19(24)13-21-18(23)11-15-5-3-2-4-6-15/h2-10,14H,11,13H2,1H3,(H,21,23)(H,22,24). The first-order chi connectivity index (χ1) is 11.6. The van der Waals surface area contributed by atoms with Gasteiger partial charge in [0.1, 0.15) is 0 Å². The summed E-state index contributed by atoms with van der Waals surface area (Å²) in [4.78, 5) is 23.8. The number of benzene rings is 2. The van der Waals surface area contributed by atoms with Crippen LogP contribution in [0, 0.1) is 11.3 Å². The monoisotopic (exact) mass is 321 g/mol. The summed E-state index contributed by atoms with van der Waals surface area (Å²) in [7, 11) is 0. The number of amides is 2. The second kappa shape index (κ2) is 8.49. The minimum Gasteiger partial charge on any atom is -0.348 e. The smallest absolute Gasteiger partial charge is 0.239 e. The van der Waals surface area contributed by atoms with Gasteiger partial charge in [0.25, 0.3) is 0 Å². The highest BCUT2D eigenvalue weighted by Gasteiger charge is 2.11. The second-order valence-corrected chi connectivity index (χ2v) is 5.46. The Hall–Kier alpha value is -3.13. The lowest BCUT2D eigenvalue weighted by atomic mass is 10.1. The van der Waals surface area contributed by atoms with E-state index in [0.717, 1.165) is 11.1 Å². The SMILES string of the molecule is CC(NC(=O)CNC(=O)Cc1ccccc1)c1ccc(C#N)cc1. The fourth-order valence-corrected chi connectivity index (χ4v) is 2.24. The van der Waals surface area contributed by atoms with E-state index in [1.165, 1.54) is 0 Å². The summed E-state index contributed by atoms with van der Waals surface area (Å²) in [5.74, 6) is -0.448. The van der Waals surface area contributed by atoms with Crippen LogP contribution in [0.25, 0.3) is 0 Å². The van der Waals surface area contributed by atoms with E-state index in [-0.39, 0.29) is 30.8 Å². The summed E-state index contributed by atoms with van der Waals surface area (Å²) in [6.45, 7) is 1.79. The molecule has 122 valence electrons. The zero-order valence-electron chi connectivity index (χ0n) is 13.5. The molecule has 2 N–H and O–H groups in total. The number of nitriles is 1. The predicted molar refractivity (Wildman–Crippen MR) is 90.9 cm³/mol. The number of carbonyl (C=O) groups is 2. The Labute approximate surface area is 141 Å². The van der Waals surface area contributed by atoms with Crippen LogP contribution < -0.4 is 10.6 Å². The molecule has 0 aliphatic rings. The Kier molecular flexibility index (Phi) is 6.09. The molecule has 1 atom stereocenters. The summed E-state index contributed by atoms with van der Waals surface area (Å²) in [5, 5.41) is 14.2. The molecule has 1 unspecified atom stereocenters. The molecule has 2 aromatic carbocycles. The average molecular weight is 321 g/mol. The molecule has 2 amide bonds. The van der Waals surface area contributed by atoms with Crippen LogP contribution in [0.3, 0.4) is 0 Å². The molecule has 0 bridgehead atoms. The molecule has 2 aromatic rings. The largest absolute Gasteiger partial charge is 0.348 e. The zero-order chi connectivity index (χ0) is 17.4. The van der Waals surface area contributed by atoms with Gasteiger partial charge in [-0.3, -0.25) is 9.59 Å². The molecule has 24 heavy (non-hydrogen) atoms. The topological polar surface area (TPSA) is 82.0 Å². The van der Waals surface area contributed by atoms with E-state index < -0.39 is 0 Å². The highest BCUT2D eigenvalue weighted by molar-refractivity contribution is 5.85. The van der Waals surface area contributed by atoms with Crippen LogP contribution in [0.15, 0.2) is 54.6 Å². The van der Waals surface area contributed by atoms with E-state index in [4.69, 9.17) is 5.26 Å². The Bertz CT molecular complexity index is 733. The van der Waals surface area contributed by atoms with Crippen molar-refractivity contribution in [3.8, 4) is 6.07 Å². The van der Waals surface area contributed by atoms with Crippen molar-refractivity contribution in [3.05, 3.63) is 71.3 Å². The van der Waals surface area contributed by atoms with E-state index in [1.54, 1.807) is 24.3 Å². The maximum absolute atomic E-state index is 11.9. The predicted octanol–water partition coefficient (Wildman–Crippen LogP) is 2.09. The first kappa shape index (κ1) is 17.2. The highest BCUT2D eigenvalue weighted by Crippen LogP contribution is 2.12. The van der Waals surface area contributed by atoms with Crippen LogP contribution >= 0.6 is 0 Å². The fraction of sp³-hybridized carbons (Fsp3) is 0.211. The summed E-state index contributed by atoms with van der Waals surface area (Å²) >= 11 is 0. The third kappa shape index (κ3) is 5.25. The van der Waals surface area contributed by atoms with Crippen molar-refractivity contribution in [2.75, 3.05) is 6.54 Å². The van der Waals surface area contributed by atoms with Gasteiger partial charge in [-0.25, -0.2) is 0 Å². The van der Waals surface area contributed by atoms with Crippen molar-refractivity contribution in [2.24, 2.45) is 0 Å². The van der Waals surface area contributed by atoms with Crippen molar-refractivity contribution in [1.29, 1.82) is 5.26 Å². The van der Waals surface area contributed by atoms with Crippen molar-refractivity contribution in [1.82, 2.24) is 10.6 Å². The van der Waals surface area contributed by atoms with Crippen molar-refractivity contribution < 1.29 is 9.59 Å². The van der Waals surface area contributed by atoms with Gasteiger partial charge in [0.05, 0.1) is 30.6 Å². The summed E-state index contributed by atoms with van der Waals surface area (Å²) in [5.41, 5.74) is 2.38. The van der Waals surface area contributed by atoms with Gasteiger partial charge in [0.15, 0.2) is 0 Å². The minimum absolute atomic E-state index is 0.0632. The molecule has 2 rings (SSSR count). The quantitative estimate of drug-likeness (QED) is 0.855. The van der Waals surface area contributed by atoms with Gasteiger partial charge in [0.2, 0.25) is 11.8 Å². The highest BCUT2D eigenvalue weighted by atomic mass is 16.2. The number of hydrogen-bond donors (Lipinski definition) is 2. The molecule has 5 heteroatoms. The molecule has 0 heterocycles. The lowest BCUT2D eigenvalue weighted by Crippen LogP contribution is -2.38. The number of hydrogen-bond acceptors (Lipinski definition) is 3. The molecule has 0 saturated carbocycles. The van der Waals surface area contributed by atoms with Crippen LogP contribution in [0.4, 0.5) is 0 Å². The molecule has 0 saturated heterocycles. The number of carbonyl (C=O) groups excluding carboxylic acids is 2. The summed E-state index contributed by atoms with van der Waals surface area (Å²) in [6.07, 6.45) is 0.249. The normalized spacial score (nSPS) is 11.2. The maximum Gasteiger partial charge on any atom is 0.239 e. The Morgan fingerprint density at radius 2 is 1.71 bits per heavy atom. The van der Waals surface area contributed by atoms with Crippen molar-refractivity contribution in [3.63, 3.8) is 0 Å². The second-order valence-electron chi connectivity index (χ2n) is 5.46. The third-order valence-electron chi connectivity index (χ3n) is 3.57. The van der Waals surface area contributed by atoms with Gasteiger partial charge < -0.3 is 10.6 Å². The number of rotatable bonds is 6. The first-order valence-electron chi connectivity index (χ1n) is 7.68. The number of nitrogens with zero attached hydrogens (tertiary/aromatic N) is 1. The molecule has 0 spiro atoms. The lowest BCUT2D eigenvalue weighted by molar-refractivity contribution is -0.126. The van der Waals surface area contributed by atoms with E-state index in [0.29, 0.717) is 5.56 Å². The summed E-state index contributed by atoms with van der Waals surface area (Å²) in [6, 6.07) is 18.2. The van der Waals surface area contributed by atoms with Crippen LogP contribution in [-0.4, -0.2) is 18.4 Å². The van der Waals surface area contributed by atoms with Gasteiger partial charge in [-0.2, -0.15) is 5.26 Å². The van der Waals surface area contributed by atoms with E-state index in [9.17, 15) is 9.59 Å². The Morgan fingerprint density at radius 1 is 1.04 bits per heavy atom. The first-order valence-corrected chi connectivity index (χ1v) is 7.68. The lowest BCUT2D eigenvalue weighted by Gasteiger charge is -2.14. The average Bonchev–Trinajstić information content (AvgIpc) is 2.61. The molecular weight excluding hydrogens is 302 g/mol. The van der Waals surface area contributed by atoms with Crippen molar-refractivity contribution in [2.45, 2.75) is 19.4 Å². The van der Waals surface area contributed by atoms with Gasteiger partial charge in [-0.15, -0.1) is 0 Å². The fourth-order valence-electron chi connectivity index (χ4n) is 2.24. The van der Waals surface area contributed by atoms with Crippen molar-refractivity contribution >= 4 is 11.8 Å². The van der Waals surface area contributed by atoms with Gasteiger partial charge >= 0.3 is 0 Å². The minimum atomic E-state index is -0.256. The van der Waals surface area contributed by atoms with Gasteiger partial charge in [-0.1, -0.05) is 42.5 Å². The Balaban J connectivity index is 1.78. The van der Waals surface area contributed by atoms with Crippen LogP contribution in [0.1, 0.15) is 29.7 Å². The third-order valence-corrected chi connectivity index (χ3v) is 3.57. The molecule has 0 fully saturated rings. The number of nitrogens with one attached hydrogen (secondary N) is 2. The molecule has 5 nitrogen and oxygen atoms in total. The van der Waals surface area contributed by atoms with Gasteiger partial charge in [0, 0.05) is 0 Å². The molecule has 0 radical (unpaired) electrons.